The summed E-state index contributed by atoms with van der Waals surface area (Å²) in [6.45, 7) is 4.13. The van der Waals surface area contributed by atoms with E-state index < -0.39 is 0 Å². The fraction of sp³-hybridized carbons (Fsp3) is 0.529. The third-order valence-corrected chi connectivity index (χ3v) is 4.30. The third-order valence-electron chi connectivity index (χ3n) is 4.30. The Morgan fingerprint density at radius 2 is 1.81 bits per heavy atom. The summed E-state index contributed by atoms with van der Waals surface area (Å²) in [5.41, 5.74) is 1.22. The molecular formula is C17H23N3O. The number of rotatable bonds is 4. The molecule has 4 heteroatoms. The lowest BCUT2D eigenvalue weighted by atomic mass is 9.69. The van der Waals surface area contributed by atoms with Crippen LogP contribution in [0.25, 0.3) is 0 Å². The molecule has 1 aromatic carbocycles. The molecule has 1 aliphatic rings. The first kappa shape index (κ1) is 14.1. The van der Waals surface area contributed by atoms with Crippen molar-refractivity contribution in [1.29, 1.82) is 0 Å². The van der Waals surface area contributed by atoms with Crippen molar-refractivity contribution in [1.82, 2.24) is 10.1 Å². The largest absolute Gasteiger partial charge is 0.336 e. The molecule has 1 N–H and O–H groups in total. The highest BCUT2D eigenvalue weighted by Crippen LogP contribution is 2.43. The SMILES string of the molecule is CC(C)Nc1nc(C2(c3ccccc3)CCCCC2)no1. The van der Waals surface area contributed by atoms with Crippen LogP contribution in [0.3, 0.4) is 0 Å². The molecule has 0 saturated heterocycles. The summed E-state index contributed by atoms with van der Waals surface area (Å²) in [7, 11) is 0. The zero-order valence-electron chi connectivity index (χ0n) is 12.8. The zero-order valence-corrected chi connectivity index (χ0v) is 12.8. The van der Waals surface area contributed by atoms with Crippen molar-refractivity contribution >= 4 is 6.01 Å². The van der Waals surface area contributed by atoms with Crippen LogP contribution in [0.1, 0.15) is 57.3 Å². The Labute approximate surface area is 126 Å². The van der Waals surface area contributed by atoms with E-state index in [4.69, 9.17) is 4.52 Å². The van der Waals surface area contributed by atoms with Crippen molar-refractivity contribution in [2.75, 3.05) is 5.32 Å². The van der Waals surface area contributed by atoms with Gasteiger partial charge in [0, 0.05) is 6.04 Å². The van der Waals surface area contributed by atoms with Gasteiger partial charge in [-0.3, -0.25) is 0 Å². The minimum atomic E-state index is -0.0834. The number of benzene rings is 1. The third kappa shape index (κ3) is 2.80. The molecule has 112 valence electrons. The van der Waals surface area contributed by atoms with Crippen LogP contribution in [0.2, 0.25) is 0 Å². The highest BCUT2D eigenvalue weighted by atomic mass is 16.5. The Kier molecular flexibility index (Phi) is 3.95. The molecule has 1 fully saturated rings. The number of anilines is 1. The molecule has 1 saturated carbocycles. The van der Waals surface area contributed by atoms with Gasteiger partial charge in [-0.25, -0.2) is 0 Å². The first-order valence-corrected chi connectivity index (χ1v) is 7.87. The summed E-state index contributed by atoms with van der Waals surface area (Å²) in [4.78, 5) is 4.63. The molecule has 1 heterocycles. The van der Waals surface area contributed by atoms with Crippen molar-refractivity contribution in [2.24, 2.45) is 0 Å². The molecule has 0 radical (unpaired) electrons. The van der Waals surface area contributed by atoms with E-state index in [0.29, 0.717) is 6.01 Å². The maximum absolute atomic E-state index is 5.40. The van der Waals surface area contributed by atoms with Crippen molar-refractivity contribution in [2.45, 2.75) is 57.4 Å². The normalized spacial score (nSPS) is 17.9. The fourth-order valence-electron chi connectivity index (χ4n) is 3.28. The van der Waals surface area contributed by atoms with Gasteiger partial charge in [-0.05, 0) is 32.3 Å². The second-order valence-corrected chi connectivity index (χ2v) is 6.23. The second-order valence-electron chi connectivity index (χ2n) is 6.23. The van der Waals surface area contributed by atoms with Crippen LogP contribution in [0, 0.1) is 0 Å². The smallest absolute Gasteiger partial charge is 0.321 e. The standard InChI is InChI=1S/C17H23N3O/c1-13(2)18-16-19-15(20-21-16)17(11-7-4-8-12-17)14-9-5-3-6-10-14/h3,5-6,9-10,13H,4,7-8,11-12H2,1-2H3,(H,18,19,20). The van der Waals surface area contributed by atoms with E-state index in [0.717, 1.165) is 18.7 Å². The number of nitrogens with zero attached hydrogens (tertiary/aromatic N) is 2. The molecular weight excluding hydrogens is 262 g/mol. The minimum absolute atomic E-state index is 0.0834. The average Bonchev–Trinajstić information content (AvgIpc) is 2.97. The number of nitrogens with one attached hydrogen (secondary N) is 1. The van der Waals surface area contributed by atoms with Gasteiger partial charge in [0.15, 0.2) is 5.82 Å². The van der Waals surface area contributed by atoms with Gasteiger partial charge in [0.2, 0.25) is 0 Å². The highest BCUT2D eigenvalue weighted by Gasteiger charge is 2.40. The van der Waals surface area contributed by atoms with Crippen LogP contribution in [-0.4, -0.2) is 16.2 Å². The molecule has 0 atom stereocenters. The molecule has 0 aliphatic heterocycles. The average molecular weight is 285 g/mol. The van der Waals surface area contributed by atoms with E-state index in [-0.39, 0.29) is 11.5 Å². The Hall–Kier alpha value is -1.84. The molecule has 0 bridgehead atoms. The van der Waals surface area contributed by atoms with Crippen LogP contribution in [-0.2, 0) is 5.41 Å². The zero-order chi connectivity index (χ0) is 14.7. The van der Waals surface area contributed by atoms with Gasteiger partial charge in [0.1, 0.15) is 0 Å². The second kappa shape index (κ2) is 5.88. The minimum Gasteiger partial charge on any atom is -0.336 e. The lowest BCUT2D eigenvalue weighted by Crippen LogP contribution is -2.31. The summed E-state index contributed by atoms with van der Waals surface area (Å²) >= 11 is 0. The van der Waals surface area contributed by atoms with Gasteiger partial charge in [0.25, 0.3) is 0 Å². The predicted octanol–water partition coefficient (Wildman–Crippen LogP) is 4.14. The van der Waals surface area contributed by atoms with E-state index in [1.165, 1.54) is 24.8 Å². The van der Waals surface area contributed by atoms with Crippen LogP contribution >= 0.6 is 0 Å². The van der Waals surface area contributed by atoms with Crippen LogP contribution in [0.4, 0.5) is 6.01 Å². The molecule has 0 spiro atoms. The van der Waals surface area contributed by atoms with E-state index in [9.17, 15) is 0 Å². The number of hydrogen-bond acceptors (Lipinski definition) is 4. The fourth-order valence-corrected chi connectivity index (χ4v) is 3.28. The first-order valence-electron chi connectivity index (χ1n) is 7.87. The first-order chi connectivity index (χ1) is 10.2. The van der Waals surface area contributed by atoms with Crippen molar-refractivity contribution in [3.63, 3.8) is 0 Å². The van der Waals surface area contributed by atoms with Crippen LogP contribution in [0.15, 0.2) is 34.9 Å². The summed E-state index contributed by atoms with van der Waals surface area (Å²) in [6.07, 6.45) is 5.92. The monoisotopic (exact) mass is 285 g/mol. The summed E-state index contributed by atoms with van der Waals surface area (Å²) in [5.74, 6) is 0.830. The predicted molar refractivity (Wildman–Crippen MR) is 83.4 cm³/mol. The molecule has 3 rings (SSSR count). The molecule has 2 aromatic rings. The number of aromatic nitrogens is 2. The van der Waals surface area contributed by atoms with Gasteiger partial charge in [-0.15, -0.1) is 0 Å². The molecule has 1 aliphatic carbocycles. The Morgan fingerprint density at radius 3 is 2.48 bits per heavy atom. The molecule has 0 amide bonds. The lowest BCUT2D eigenvalue weighted by molar-refractivity contribution is 0.313. The van der Waals surface area contributed by atoms with Crippen molar-refractivity contribution in [3.05, 3.63) is 41.7 Å². The van der Waals surface area contributed by atoms with Gasteiger partial charge in [0.05, 0.1) is 5.41 Å². The molecule has 21 heavy (non-hydrogen) atoms. The van der Waals surface area contributed by atoms with Crippen molar-refractivity contribution in [3.8, 4) is 0 Å². The maximum atomic E-state index is 5.40. The molecule has 1 aromatic heterocycles. The Morgan fingerprint density at radius 1 is 1.10 bits per heavy atom. The van der Waals surface area contributed by atoms with E-state index in [1.807, 2.05) is 0 Å². The quantitative estimate of drug-likeness (QED) is 0.917. The Balaban J connectivity index is 1.98. The molecule has 0 unspecified atom stereocenters. The lowest BCUT2D eigenvalue weighted by Gasteiger charge is -2.34. The number of hydrogen-bond donors (Lipinski definition) is 1. The molecule has 4 nitrogen and oxygen atoms in total. The highest BCUT2D eigenvalue weighted by molar-refractivity contribution is 5.35. The van der Waals surface area contributed by atoms with E-state index in [2.05, 4.69) is 59.6 Å². The van der Waals surface area contributed by atoms with Crippen LogP contribution < -0.4 is 5.32 Å². The van der Waals surface area contributed by atoms with E-state index >= 15 is 0 Å². The van der Waals surface area contributed by atoms with Gasteiger partial charge >= 0.3 is 6.01 Å². The van der Waals surface area contributed by atoms with Gasteiger partial charge < -0.3 is 9.84 Å². The maximum Gasteiger partial charge on any atom is 0.321 e. The van der Waals surface area contributed by atoms with E-state index in [1.54, 1.807) is 0 Å². The van der Waals surface area contributed by atoms with Crippen LogP contribution in [0.5, 0.6) is 0 Å². The van der Waals surface area contributed by atoms with Crippen molar-refractivity contribution < 1.29 is 4.52 Å². The summed E-state index contributed by atoms with van der Waals surface area (Å²) in [5, 5.41) is 7.49. The van der Waals surface area contributed by atoms with Gasteiger partial charge in [-0.1, -0.05) is 54.8 Å². The summed E-state index contributed by atoms with van der Waals surface area (Å²) < 4.78 is 5.40. The summed E-state index contributed by atoms with van der Waals surface area (Å²) in [6, 6.07) is 11.5. The Bertz CT molecular complexity index is 571. The topological polar surface area (TPSA) is 51.0 Å². The van der Waals surface area contributed by atoms with Gasteiger partial charge in [-0.2, -0.15) is 4.98 Å².